The molecule has 0 amide bonds. The molecule has 0 atom stereocenters. The summed E-state index contributed by atoms with van der Waals surface area (Å²) in [7, 11) is 0. The minimum Gasteiger partial charge on any atom is -0.207 e. The standard InChI is InChI=1S/C14H10FNS/c1-10-3-2-4-13(5-10)17-14-7-11(9-16)6-12(15)8-14/h2-8H,1H3. The van der Waals surface area contributed by atoms with Gasteiger partial charge in [0.05, 0.1) is 11.6 Å². The Balaban J connectivity index is 2.30. The zero-order chi connectivity index (χ0) is 12.3. The highest BCUT2D eigenvalue weighted by Crippen LogP contribution is 2.29. The van der Waals surface area contributed by atoms with E-state index < -0.39 is 0 Å². The van der Waals surface area contributed by atoms with Gasteiger partial charge in [-0.1, -0.05) is 29.5 Å². The number of aryl methyl sites for hydroxylation is 1. The molecule has 84 valence electrons. The van der Waals surface area contributed by atoms with E-state index in [0.717, 1.165) is 15.4 Å². The van der Waals surface area contributed by atoms with Crippen molar-refractivity contribution in [2.75, 3.05) is 0 Å². The molecule has 0 fully saturated rings. The Morgan fingerprint density at radius 1 is 1.12 bits per heavy atom. The van der Waals surface area contributed by atoms with Gasteiger partial charge in [-0.3, -0.25) is 0 Å². The van der Waals surface area contributed by atoms with E-state index in [1.807, 2.05) is 37.3 Å². The summed E-state index contributed by atoms with van der Waals surface area (Å²) in [6, 6.07) is 14.3. The molecule has 0 aromatic heterocycles. The highest BCUT2D eigenvalue weighted by molar-refractivity contribution is 7.99. The van der Waals surface area contributed by atoms with Gasteiger partial charge in [-0.05, 0) is 37.3 Å². The van der Waals surface area contributed by atoms with Gasteiger partial charge >= 0.3 is 0 Å². The lowest BCUT2D eigenvalue weighted by atomic mass is 10.2. The van der Waals surface area contributed by atoms with Gasteiger partial charge in [0.15, 0.2) is 0 Å². The van der Waals surface area contributed by atoms with Crippen LogP contribution in [0.15, 0.2) is 52.3 Å². The van der Waals surface area contributed by atoms with E-state index in [1.165, 1.54) is 23.9 Å². The monoisotopic (exact) mass is 243 g/mol. The van der Waals surface area contributed by atoms with Gasteiger partial charge in [0, 0.05) is 9.79 Å². The van der Waals surface area contributed by atoms with Gasteiger partial charge in [-0.2, -0.15) is 5.26 Å². The molecule has 0 radical (unpaired) electrons. The number of nitrogens with zero attached hydrogens (tertiary/aromatic N) is 1. The van der Waals surface area contributed by atoms with Crippen LogP contribution in [0.2, 0.25) is 0 Å². The summed E-state index contributed by atoms with van der Waals surface area (Å²) in [6.45, 7) is 2.01. The number of rotatable bonds is 2. The Kier molecular flexibility index (Phi) is 3.46. The lowest BCUT2D eigenvalue weighted by molar-refractivity contribution is 0.623. The lowest BCUT2D eigenvalue weighted by Crippen LogP contribution is -1.82. The molecule has 0 saturated heterocycles. The van der Waals surface area contributed by atoms with E-state index in [1.54, 1.807) is 6.07 Å². The molecule has 0 heterocycles. The molecule has 0 N–H and O–H groups in total. The minimum absolute atomic E-state index is 0.347. The summed E-state index contributed by atoms with van der Waals surface area (Å²) in [5, 5.41) is 8.77. The van der Waals surface area contributed by atoms with Crippen molar-refractivity contribution in [1.82, 2.24) is 0 Å². The average molecular weight is 243 g/mol. The van der Waals surface area contributed by atoms with Crippen LogP contribution in [0.5, 0.6) is 0 Å². The third-order valence-corrected chi connectivity index (χ3v) is 3.19. The molecule has 0 unspecified atom stereocenters. The normalized spacial score (nSPS) is 9.94. The first-order chi connectivity index (χ1) is 8.17. The first-order valence-electron chi connectivity index (χ1n) is 5.12. The van der Waals surface area contributed by atoms with Crippen LogP contribution in [-0.2, 0) is 0 Å². The van der Waals surface area contributed by atoms with Crippen molar-refractivity contribution >= 4 is 11.8 Å². The summed E-state index contributed by atoms with van der Waals surface area (Å²) in [5.74, 6) is -0.376. The van der Waals surface area contributed by atoms with Crippen LogP contribution in [-0.4, -0.2) is 0 Å². The Labute approximate surface area is 104 Å². The second kappa shape index (κ2) is 5.03. The molecule has 17 heavy (non-hydrogen) atoms. The predicted molar refractivity (Wildman–Crippen MR) is 66.4 cm³/mol. The topological polar surface area (TPSA) is 23.8 Å². The van der Waals surface area contributed by atoms with E-state index in [4.69, 9.17) is 5.26 Å². The third-order valence-electron chi connectivity index (χ3n) is 2.23. The van der Waals surface area contributed by atoms with Crippen molar-refractivity contribution in [3.8, 4) is 6.07 Å². The Hall–Kier alpha value is -1.79. The molecule has 0 saturated carbocycles. The molecule has 0 aliphatic rings. The number of hydrogen-bond donors (Lipinski definition) is 0. The Morgan fingerprint density at radius 3 is 2.65 bits per heavy atom. The molecule has 2 aromatic rings. The first-order valence-corrected chi connectivity index (χ1v) is 5.94. The van der Waals surface area contributed by atoms with Crippen LogP contribution < -0.4 is 0 Å². The van der Waals surface area contributed by atoms with Crippen molar-refractivity contribution in [2.45, 2.75) is 16.7 Å². The molecule has 0 aliphatic heterocycles. The molecule has 2 aromatic carbocycles. The molecule has 0 bridgehead atoms. The van der Waals surface area contributed by atoms with Crippen LogP contribution in [0.3, 0.4) is 0 Å². The summed E-state index contributed by atoms with van der Waals surface area (Å²) in [6.07, 6.45) is 0. The van der Waals surface area contributed by atoms with Gasteiger partial charge in [0.2, 0.25) is 0 Å². The third kappa shape index (κ3) is 3.08. The largest absolute Gasteiger partial charge is 0.207 e. The summed E-state index contributed by atoms with van der Waals surface area (Å²) >= 11 is 1.45. The zero-order valence-corrected chi connectivity index (χ0v) is 10.1. The van der Waals surface area contributed by atoms with Crippen molar-refractivity contribution in [1.29, 1.82) is 5.26 Å². The number of halogens is 1. The van der Waals surface area contributed by atoms with Crippen LogP contribution >= 0.6 is 11.8 Å². The average Bonchev–Trinajstić information content (AvgIpc) is 2.28. The first kappa shape index (κ1) is 11.7. The van der Waals surface area contributed by atoms with Gasteiger partial charge in [-0.15, -0.1) is 0 Å². The summed E-state index contributed by atoms with van der Waals surface area (Å²) in [5.41, 5.74) is 1.51. The maximum atomic E-state index is 13.2. The summed E-state index contributed by atoms with van der Waals surface area (Å²) < 4.78 is 13.2. The highest BCUT2D eigenvalue weighted by Gasteiger charge is 2.02. The maximum Gasteiger partial charge on any atom is 0.125 e. The zero-order valence-electron chi connectivity index (χ0n) is 9.27. The lowest BCUT2D eigenvalue weighted by Gasteiger charge is -2.03. The predicted octanol–water partition coefficient (Wildman–Crippen LogP) is 4.16. The van der Waals surface area contributed by atoms with Crippen molar-refractivity contribution in [3.63, 3.8) is 0 Å². The number of benzene rings is 2. The molecule has 0 spiro atoms. The smallest absolute Gasteiger partial charge is 0.125 e. The minimum atomic E-state index is -0.376. The molecule has 1 nitrogen and oxygen atoms in total. The van der Waals surface area contributed by atoms with E-state index in [0.29, 0.717) is 5.56 Å². The van der Waals surface area contributed by atoms with Gasteiger partial charge in [0.1, 0.15) is 5.82 Å². The van der Waals surface area contributed by atoms with Crippen LogP contribution in [0.25, 0.3) is 0 Å². The van der Waals surface area contributed by atoms with Gasteiger partial charge < -0.3 is 0 Å². The molecule has 0 aliphatic carbocycles. The van der Waals surface area contributed by atoms with Crippen LogP contribution in [0, 0.1) is 24.1 Å². The Bertz CT molecular complexity index is 587. The molecular formula is C14H10FNS. The van der Waals surface area contributed by atoms with Crippen LogP contribution in [0.4, 0.5) is 4.39 Å². The van der Waals surface area contributed by atoms with E-state index in [9.17, 15) is 4.39 Å². The SMILES string of the molecule is Cc1cccc(Sc2cc(F)cc(C#N)c2)c1. The van der Waals surface area contributed by atoms with Gasteiger partial charge in [-0.25, -0.2) is 4.39 Å². The fourth-order valence-electron chi connectivity index (χ4n) is 1.50. The highest BCUT2D eigenvalue weighted by atomic mass is 32.2. The second-order valence-corrected chi connectivity index (χ2v) is 4.85. The van der Waals surface area contributed by atoms with Crippen molar-refractivity contribution in [3.05, 3.63) is 59.4 Å². The van der Waals surface area contributed by atoms with Crippen molar-refractivity contribution in [2.24, 2.45) is 0 Å². The molecular weight excluding hydrogens is 233 g/mol. The molecule has 3 heteroatoms. The number of nitriles is 1. The summed E-state index contributed by atoms with van der Waals surface area (Å²) in [4.78, 5) is 1.78. The quantitative estimate of drug-likeness (QED) is 0.790. The van der Waals surface area contributed by atoms with E-state index in [2.05, 4.69) is 0 Å². The van der Waals surface area contributed by atoms with Crippen LogP contribution in [0.1, 0.15) is 11.1 Å². The second-order valence-electron chi connectivity index (χ2n) is 3.71. The maximum absolute atomic E-state index is 13.2. The van der Waals surface area contributed by atoms with Crippen molar-refractivity contribution < 1.29 is 4.39 Å². The van der Waals surface area contributed by atoms with E-state index >= 15 is 0 Å². The fourth-order valence-corrected chi connectivity index (χ4v) is 2.52. The van der Waals surface area contributed by atoms with Gasteiger partial charge in [0.25, 0.3) is 0 Å². The van der Waals surface area contributed by atoms with E-state index in [-0.39, 0.29) is 5.82 Å². The number of hydrogen-bond acceptors (Lipinski definition) is 2. The Morgan fingerprint density at radius 2 is 1.94 bits per heavy atom. The molecule has 2 rings (SSSR count). The fraction of sp³-hybridized carbons (Fsp3) is 0.0714.